The van der Waals surface area contributed by atoms with E-state index in [0.29, 0.717) is 17.5 Å². The van der Waals surface area contributed by atoms with Crippen LogP contribution in [-0.4, -0.2) is 62.2 Å². The minimum absolute atomic E-state index is 0.131. The number of nitriles is 1. The predicted molar refractivity (Wildman–Crippen MR) is 105 cm³/mol. The predicted octanol–water partition coefficient (Wildman–Crippen LogP) is 1.27. The summed E-state index contributed by atoms with van der Waals surface area (Å²) >= 11 is 0. The molecule has 4 atom stereocenters. The van der Waals surface area contributed by atoms with E-state index in [9.17, 15) is 14.4 Å². The molecule has 0 aromatic heterocycles. The van der Waals surface area contributed by atoms with E-state index in [1.165, 1.54) is 0 Å². The first kappa shape index (κ1) is 19.2. The molecule has 0 radical (unpaired) electrons. The Bertz CT molecular complexity index is 771. The molecule has 3 fully saturated rings. The molecule has 150 valence electrons. The number of amides is 1. The Hall–Kier alpha value is -2.17. The summed E-state index contributed by atoms with van der Waals surface area (Å²) in [5.41, 5.74) is 1.34. The van der Waals surface area contributed by atoms with Crippen LogP contribution in [0, 0.1) is 23.1 Å². The highest BCUT2D eigenvalue weighted by Gasteiger charge is 2.43. The second-order valence-electron chi connectivity index (χ2n) is 8.37. The number of piperidine rings is 1. The molecule has 7 heteroatoms. The number of halogens is 1. The van der Waals surface area contributed by atoms with Gasteiger partial charge in [0.25, 0.3) is 0 Å². The molecule has 2 saturated heterocycles. The average molecular weight is 385 g/mol. The van der Waals surface area contributed by atoms with Crippen LogP contribution >= 0.6 is 0 Å². The van der Waals surface area contributed by atoms with Crippen molar-refractivity contribution in [2.75, 3.05) is 38.1 Å². The van der Waals surface area contributed by atoms with Gasteiger partial charge in [-0.2, -0.15) is 5.26 Å². The molecule has 2 aliphatic heterocycles. The molecular weight excluding hydrogens is 357 g/mol. The summed E-state index contributed by atoms with van der Waals surface area (Å²) in [6, 6.07) is 6.82. The van der Waals surface area contributed by atoms with Crippen LogP contribution in [0.3, 0.4) is 0 Å². The van der Waals surface area contributed by atoms with Crippen molar-refractivity contribution in [2.24, 2.45) is 5.92 Å². The molecule has 2 N–H and O–H groups in total. The maximum absolute atomic E-state index is 14.7. The topological polar surface area (TPSA) is 71.4 Å². The summed E-state index contributed by atoms with van der Waals surface area (Å²) in [4.78, 5) is 17.0. The van der Waals surface area contributed by atoms with Gasteiger partial charge in [0, 0.05) is 44.3 Å². The third-order valence-electron chi connectivity index (χ3n) is 6.44. The lowest BCUT2D eigenvalue weighted by atomic mass is 9.98. The van der Waals surface area contributed by atoms with Crippen molar-refractivity contribution in [3.8, 4) is 6.07 Å². The number of hydrogen-bond acceptors (Lipinski definition) is 5. The van der Waals surface area contributed by atoms with Gasteiger partial charge >= 0.3 is 0 Å². The van der Waals surface area contributed by atoms with E-state index in [1.54, 1.807) is 12.1 Å². The smallest absolute Gasteiger partial charge is 0.238 e. The van der Waals surface area contributed by atoms with E-state index in [0.717, 1.165) is 51.1 Å². The zero-order chi connectivity index (χ0) is 19.7. The molecule has 1 saturated carbocycles. The molecule has 1 aromatic rings. The molecule has 1 aliphatic carbocycles. The van der Waals surface area contributed by atoms with Crippen molar-refractivity contribution >= 4 is 11.6 Å². The Labute approximate surface area is 165 Å². The quantitative estimate of drug-likeness (QED) is 0.799. The standard InChI is InChI=1S/C21H28FN5O/c1-26-6-8-27(9-7-26)18-5-3-14(19(22)12-18)10-17(13-23)25-21(28)20-15-2-4-16(11-15)24-20/h3,5,12,15-17,20,24H,2,4,6-11H2,1H3,(H,25,28)/t15?,16?,17-,20?/m0/s1. The van der Waals surface area contributed by atoms with Gasteiger partial charge in [-0.25, -0.2) is 4.39 Å². The number of carbonyl (C=O) groups excluding carboxylic acids is 1. The molecule has 0 spiro atoms. The molecule has 3 aliphatic rings. The SMILES string of the molecule is CN1CCN(c2ccc(C[C@@H](C#N)NC(=O)C3NC4CCC3C4)c(F)c2)CC1. The fourth-order valence-electron chi connectivity index (χ4n) is 4.72. The third kappa shape index (κ3) is 3.98. The summed E-state index contributed by atoms with van der Waals surface area (Å²) in [7, 11) is 2.09. The Balaban J connectivity index is 1.37. The number of benzene rings is 1. The Morgan fingerprint density at radius 2 is 2.14 bits per heavy atom. The van der Waals surface area contributed by atoms with Crippen LogP contribution < -0.4 is 15.5 Å². The molecule has 6 nitrogen and oxygen atoms in total. The van der Waals surface area contributed by atoms with Gasteiger partial charge in [-0.05, 0) is 49.9 Å². The van der Waals surface area contributed by atoms with Crippen molar-refractivity contribution in [3.05, 3.63) is 29.6 Å². The van der Waals surface area contributed by atoms with E-state index < -0.39 is 6.04 Å². The number of piperazine rings is 1. The number of likely N-dealkylation sites (N-methyl/N-ethyl adjacent to an activating group) is 1. The number of anilines is 1. The number of hydrogen-bond donors (Lipinski definition) is 2. The summed E-state index contributed by atoms with van der Waals surface area (Å²) in [5.74, 6) is -0.0823. The second-order valence-corrected chi connectivity index (χ2v) is 8.37. The van der Waals surface area contributed by atoms with Gasteiger partial charge in [0.15, 0.2) is 0 Å². The largest absolute Gasteiger partial charge is 0.369 e. The van der Waals surface area contributed by atoms with Crippen LogP contribution in [0.5, 0.6) is 0 Å². The Morgan fingerprint density at radius 1 is 1.36 bits per heavy atom. The molecule has 3 unspecified atom stereocenters. The van der Waals surface area contributed by atoms with Crippen LogP contribution in [0.15, 0.2) is 18.2 Å². The van der Waals surface area contributed by atoms with E-state index in [2.05, 4.69) is 33.6 Å². The highest BCUT2D eigenvalue weighted by Crippen LogP contribution is 2.35. The van der Waals surface area contributed by atoms with Gasteiger partial charge in [-0.3, -0.25) is 4.79 Å². The summed E-state index contributed by atoms with van der Waals surface area (Å²) in [6.45, 7) is 3.68. The first-order chi connectivity index (χ1) is 13.5. The molecule has 2 bridgehead atoms. The van der Waals surface area contributed by atoms with Crippen LogP contribution in [0.1, 0.15) is 24.8 Å². The zero-order valence-corrected chi connectivity index (χ0v) is 16.3. The van der Waals surface area contributed by atoms with Gasteiger partial charge in [0.2, 0.25) is 5.91 Å². The number of rotatable bonds is 5. The zero-order valence-electron chi connectivity index (χ0n) is 16.3. The van der Waals surface area contributed by atoms with E-state index >= 15 is 0 Å². The van der Waals surface area contributed by atoms with Crippen LogP contribution in [0.25, 0.3) is 0 Å². The van der Waals surface area contributed by atoms with Gasteiger partial charge in [0.05, 0.1) is 12.1 Å². The molecule has 4 rings (SSSR count). The highest BCUT2D eigenvalue weighted by atomic mass is 19.1. The average Bonchev–Trinajstić information content (AvgIpc) is 3.33. The lowest BCUT2D eigenvalue weighted by Gasteiger charge is -2.34. The van der Waals surface area contributed by atoms with E-state index in [-0.39, 0.29) is 24.2 Å². The summed E-state index contributed by atoms with van der Waals surface area (Å²) < 4.78 is 14.7. The van der Waals surface area contributed by atoms with Gasteiger partial charge in [-0.15, -0.1) is 0 Å². The van der Waals surface area contributed by atoms with Gasteiger partial charge < -0.3 is 20.4 Å². The summed E-state index contributed by atoms with van der Waals surface area (Å²) in [6.07, 6.45) is 3.41. The van der Waals surface area contributed by atoms with Gasteiger partial charge in [0.1, 0.15) is 11.9 Å². The highest BCUT2D eigenvalue weighted by molar-refractivity contribution is 5.83. The second kappa shape index (κ2) is 8.06. The maximum Gasteiger partial charge on any atom is 0.238 e. The van der Waals surface area contributed by atoms with Crippen molar-refractivity contribution in [1.29, 1.82) is 5.26 Å². The van der Waals surface area contributed by atoms with Crippen molar-refractivity contribution in [2.45, 2.75) is 43.8 Å². The lowest BCUT2D eigenvalue weighted by molar-refractivity contribution is -0.124. The van der Waals surface area contributed by atoms with Crippen LogP contribution in [0.2, 0.25) is 0 Å². The van der Waals surface area contributed by atoms with E-state index in [1.807, 2.05) is 6.07 Å². The lowest BCUT2D eigenvalue weighted by Crippen LogP contribution is -2.50. The molecule has 1 aromatic carbocycles. The van der Waals surface area contributed by atoms with E-state index in [4.69, 9.17) is 0 Å². The molecule has 1 amide bonds. The van der Waals surface area contributed by atoms with Crippen molar-refractivity contribution in [1.82, 2.24) is 15.5 Å². The Morgan fingerprint density at radius 3 is 2.75 bits per heavy atom. The van der Waals surface area contributed by atoms with Crippen molar-refractivity contribution in [3.63, 3.8) is 0 Å². The fourth-order valence-corrected chi connectivity index (χ4v) is 4.72. The minimum atomic E-state index is -0.725. The normalized spacial score (nSPS) is 28.2. The number of nitrogens with zero attached hydrogens (tertiary/aromatic N) is 3. The Kier molecular flexibility index (Phi) is 5.51. The van der Waals surface area contributed by atoms with Crippen molar-refractivity contribution < 1.29 is 9.18 Å². The molecule has 2 heterocycles. The van der Waals surface area contributed by atoms with Gasteiger partial charge in [-0.1, -0.05) is 6.07 Å². The first-order valence-corrected chi connectivity index (χ1v) is 10.2. The molecular formula is C21H28FN5O. The van der Waals surface area contributed by atoms with Crippen LogP contribution in [0.4, 0.5) is 10.1 Å². The first-order valence-electron chi connectivity index (χ1n) is 10.2. The fraction of sp³-hybridized carbons (Fsp3) is 0.619. The number of nitrogens with one attached hydrogen (secondary N) is 2. The monoisotopic (exact) mass is 385 g/mol. The molecule has 28 heavy (non-hydrogen) atoms. The maximum atomic E-state index is 14.7. The summed E-state index contributed by atoms with van der Waals surface area (Å²) in [5, 5.41) is 15.6. The number of carbonyl (C=O) groups is 1. The number of fused-ring (bicyclic) bond motifs is 2. The van der Waals surface area contributed by atoms with Crippen LogP contribution in [-0.2, 0) is 11.2 Å². The minimum Gasteiger partial charge on any atom is -0.369 e. The third-order valence-corrected chi connectivity index (χ3v) is 6.44.